The summed E-state index contributed by atoms with van der Waals surface area (Å²) < 4.78 is 13.7. The Morgan fingerprint density at radius 2 is 1.26 bits per heavy atom. The van der Waals surface area contributed by atoms with Gasteiger partial charge in [0.15, 0.2) is 11.6 Å². The number of hydrogen-bond acceptors (Lipinski definition) is 11. The number of nitrogens with one attached hydrogen (secondary N) is 1. The first-order valence-electron chi connectivity index (χ1n) is 17.9. The lowest BCUT2D eigenvalue weighted by atomic mass is 10.0. The van der Waals surface area contributed by atoms with E-state index in [1.54, 1.807) is 31.0 Å². The lowest BCUT2D eigenvalue weighted by molar-refractivity contribution is 0.0684. The Bertz CT molecular complexity index is 2280. The van der Waals surface area contributed by atoms with Crippen molar-refractivity contribution in [3.8, 4) is 22.9 Å². The molecular formula is C38H41ClN10O5. The van der Waals surface area contributed by atoms with Gasteiger partial charge in [0, 0.05) is 55.5 Å². The van der Waals surface area contributed by atoms with E-state index in [0.717, 1.165) is 66.9 Å². The summed E-state index contributed by atoms with van der Waals surface area (Å²) in [6, 6.07) is 15.8. The van der Waals surface area contributed by atoms with Crippen molar-refractivity contribution >= 4 is 24.3 Å². The van der Waals surface area contributed by atoms with E-state index in [1.807, 2.05) is 12.1 Å². The van der Waals surface area contributed by atoms with Crippen LogP contribution in [0.4, 0.5) is 0 Å². The minimum Gasteiger partial charge on any atom is -0.477 e. The lowest BCUT2D eigenvalue weighted by Crippen LogP contribution is -2.28. The normalized spacial score (nSPS) is 18.0. The number of benzene rings is 2. The number of rotatable bonds is 7. The second-order valence-electron chi connectivity index (χ2n) is 14.0. The molecule has 0 unspecified atom stereocenters. The highest BCUT2D eigenvalue weighted by Crippen LogP contribution is 2.41. The summed E-state index contributed by atoms with van der Waals surface area (Å²) in [6.45, 7) is 0. The van der Waals surface area contributed by atoms with Crippen molar-refractivity contribution in [3.05, 3.63) is 106 Å². The number of halogens is 1. The Morgan fingerprint density at radius 3 is 1.76 bits per heavy atom. The van der Waals surface area contributed by atoms with E-state index >= 15 is 0 Å². The Labute approximate surface area is 316 Å². The fraction of sp³-hybridized carbons (Fsp3) is 0.368. The number of carboxylic acids is 1. The summed E-state index contributed by atoms with van der Waals surface area (Å²) in [5.74, 6) is 2.87. The van der Waals surface area contributed by atoms with E-state index < -0.39 is 5.97 Å². The summed E-state index contributed by atoms with van der Waals surface area (Å²) in [4.78, 5) is 31.7. The standard InChI is InChI=1S/C19H19N5O2.C14H15N3O.C5H6N2O2.ClH/c1-24-16(8-9-20-24)18(25)21-15-7-5-12-10-13(4-6-14(12)15)19-22-17(23-26-19)11-2-3-11;15-12-6-4-9-7-10(3-5-11(9)12)14-16-13(17-18-14)8-1-2-8;1-7-4(5(8)9)2-3-6-7;/h4,6,8-11,15H,2-3,5,7H2,1H3,(H,21,25);3,5,7-8,12H,1-2,4,6,15H2;2-3H,1H3,(H,8,9);1H/t15-;12-;;/m11../s1. The summed E-state index contributed by atoms with van der Waals surface area (Å²) >= 11 is 0. The van der Waals surface area contributed by atoms with Crippen molar-refractivity contribution < 1.29 is 23.7 Å². The Balaban J connectivity index is 0.000000139. The van der Waals surface area contributed by atoms with Crippen LogP contribution in [0.3, 0.4) is 0 Å². The SMILES string of the molecule is Cl.Cn1nccc1C(=O)N[C@@H]1CCc2cc(-c3nc(C4CC4)no3)ccc21.Cn1nccc1C(=O)O.N[C@@H]1CCc2cc(-c3nc(C4CC4)no3)ccc21. The molecule has 6 aromatic rings. The third-order valence-electron chi connectivity index (χ3n) is 10.1. The van der Waals surface area contributed by atoms with Crippen LogP contribution in [-0.2, 0) is 26.9 Å². The van der Waals surface area contributed by atoms with Gasteiger partial charge in [0.1, 0.15) is 11.4 Å². The van der Waals surface area contributed by atoms with Crippen molar-refractivity contribution in [1.29, 1.82) is 0 Å². The first-order valence-corrected chi connectivity index (χ1v) is 17.9. The number of nitrogens with two attached hydrogens (primary N) is 1. The van der Waals surface area contributed by atoms with Gasteiger partial charge in [0.25, 0.3) is 17.7 Å². The van der Waals surface area contributed by atoms with Crippen LogP contribution in [0.1, 0.15) is 117 Å². The van der Waals surface area contributed by atoms with Crippen LogP contribution in [0.15, 0.2) is 70.0 Å². The van der Waals surface area contributed by atoms with Crippen molar-refractivity contribution in [1.82, 2.24) is 45.2 Å². The molecule has 4 aromatic heterocycles. The number of nitrogens with zero attached hydrogens (tertiary/aromatic N) is 8. The maximum Gasteiger partial charge on any atom is 0.354 e. The number of aromatic carboxylic acids is 1. The molecule has 54 heavy (non-hydrogen) atoms. The van der Waals surface area contributed by atoms with Gasteiger partial charge in [-0.3, -0.25) is 14.2 Å². The zero-order chi connectivity index (χ0) is 36.6. The smallest absolute Gasteiger partial charge is 0.354 e. The second kappa shape index (κ2) is 15.4. The van der Waals surface area contributed by atoms with Crippen LogP contribution in [0, 0.1) is 0 Å². The van der Waals surface area contributed by atoms with Gasteiger partial charge in [-0.05, 0) is 110 Å². The number of aromatic nitrogens is 8. The Kier molecular flexibility index (Phi) is 10.4. The van der Waals surface area contributed by atoms with Gasteiger partial charge >= 0.3 is 5.97 Å². The number of carboxylic acid groups (broad SMARTS) is 1. The molecule has 280 valence electrons. The highest BCUT2D eigenvalue weighted by atomic mass is 35.5. The van der Waals surface area contributed by atoms with Gasteiger partial charge in [-0.25, -0.2) is 4.79 Å². The third kappa shape index (κ3) is 7.82. The number of aryl methyl sites for hydroxylation is 4. The van der Waals surface area contributed by atoms with Gasteiger partial charge in [-0.2, -0.15) is 20.2 Å². The second-order valence-corrected chi connectivity index (χ2v) is 14.0. The van der Waals surface area contributed by atoms with Crippen LogP contribution in [-0.4, -0.2) is 56.8 Å². The molecule has 2 atom stereocenters. The molecule has 4 heterocycles. The molecule has 15 nitrogen and oxygen atoms in total. The van der Waals surface area contributed by atoms with E-state index in [-0.39, 0.29) is 36.1 Å². The van der Waals surface area contributed by atoms with E-state index in [2.05, 4.69) is 60.1 Å². The molecule has 0 radical (unpaired) electrons. The van der Waals surface area contributed by atoms with Crippen LogP contribution in [0.25, 0.3) is 22.9 Å². The summed E-state index contributed by atoms with van der Waals surface area (Å²) in [6.07, 6.45) is 11.7. The zero-order valence-corrected chi connectivity index (χ0v) is 30.7. The number of hydrogen-bond donors (Lipinski definition) is 3. The summed E-state index contributed by atoms with van der Waals surface area (Å²) in [7, 11) is 3.35. The van der Waals surface area contributed by atoms with E-state index in [4.69, 9.17) is 19.9 Å². The molecular weight excluding hydrogens is 712 g/mol. The van der Waals surface area contributed by atoms with Gasteiger partial charge in [-0.15, -0.1) is 12.4 Å². The molecule has 0 aliphatic heterocycles. The minimum atomic E-state index is -0.949. The minimum absolute atomic E-state index is 0. The highest BCUT2D eigenvalue weighted by molar-refractivity contribution is 5.92. The van der Waals surface area contributed by atoms with Gasteiger partial charge in [-0.1, -0.05) is 22.4 Å². The predicted octanol–water partition coefficient (Wildman–Crippen LogP) is 5.86. The predicted molar refractivity (Wildman–Crippen MR) is 198 cm³/mol. The number of fused-ring (bicyclic) bond motifs is 2. The van der Waals surface area contributed by atoms with Gasteiger partial charge in [0.05, 0.1) is 6.04 Å². The first-order chi connectivity index (χ1) is 25.7. The average molecular weight is 753 g/mol. The molecule has 0 spiro atoms. The molecule has 4 aliphatic rings. The number of amides is 1. The third-order valence-corrected chi connectivity index (χ3v) is 10.1. The first kappa shape index (κ1) is 36.7. The number of carbonyl (C=O) groups is 2. The van der Waals surface area contributed by atoms with Crippen LogP contribution in [0.2, 0.25) is 0 Å². The van der Waals surface area contributed by atoms with Crippen LogP contribution < -0.4 is 11.1 Å². The molecule has 2 saturated carbocycles. The van der Waals surface area contributed by atoms with Crippen LogP contribution in [0.5, 0.6) is 0 Å². The lowest BCUT2D eigenvalue weighted by Gasteiger charge is -2.14. The van der Waals surface area contributed by atoms with Crippen molar-refractivity contribution in [2.24, 2.45) is 19.8 Å². The average Bonchev–Trinajstić information content (AvgIpc) is 3.71. The maximum absolute atomic E-state index is 12.4. The van der Waals surface area contributed by atoms with Gasteiger partial charge < -0.3 is 25.2 Å². The molecule has 0 saturated heterocycles. The zero-order valence-electron chi connectivity index (χ0n) is 29.9. The Hall–Kier alpha value is -5.67. The summed E-state index contributed by atoms with van der Waals surface area (Å²) in [5, 5.41) is 27.4. The van der Waals surface area contributed by atoms with E-state index in [0.29, 0.717) is 29.3 Å². The molecule has 4 aliphatic carbocycles. The molecule has 4 N–H and O–H groups in total. The maximum atomic E-state index is 12.4. The van der Waals surface area contributed by atoms with Crippen molar-refractivity contribution in [2.45, 2.75) is 75.3 Å². The monoisotopic (exact) mass is 752 g/mol. The summed E-state index contributed by atoms with van der Waals surface area (Å²) in [5.41, 5.74) is 13.7. The fourth-order valence-corrected chi connectivity index (χ4v) is 6.82. The molecule has 16 heteroatoms. The Morgan fingerprint density at radius 1 is 0.741 bits per heavy atom. The molecule has 2 fully saturated rings. The molecule has 1 amide bonds. The van der Waals surface area contributed by atoms with Crippen molar-refractivity contribution in [3.63, 3.8) is 0 Å². The quantitative estimate of drug-likeness (QED) is 0.175. The molecule has 10 rings (SSSR count). The largest absolute Gasteiger partial charge is 0.477 e. The fourth-order valence-electron chi connectivity index (χ4n) is 6.82. The topological polar surface area (TPSA) is 206 Å². The molecule has 2 aromatic carbocycles. The molecule has 0 bridgehead atoms. The van der Waals surface area contributed by atoms with Crippen molar-refractivity contribution in [2.75, 3.05) is 0 Å². The van der Waals surface area contributed by atoms with E-state index in [1.165, 1.54) is 46.5 Å². The van der Waals surface area contributed by atoms with Gasteiger partial charge in [0.2, 0.25) is 0 Å². The highest BCUT2D eigenvalue weighted by Gasteiger charge is 2.31. The number of carbonyl (C=O) groups excluding carboxylic acids is 1. The van der Waals surface area contributed by atoms with Crippen LogP contribution >= 0.6 is 12.4 Å². The van der Waals surface area contributed by atoms with E-state index in [9.17, 15) is 9.59 Å².